The van der Waals surface area contributed by atoms with Crippen molar-refractivity contribution < 1.29 is 23.3 Å². The van der Waals surface area contributed by atoms with Crippen molar-refractivity contribution in [3.63, 3.8) is 0 Å². The summed E-state index contributed by atoms with van der Waals surface area (Å²) < 4.78 is 0. The first-order valence-corrected chi connectivity index (χ1v) is 9.06. The van der Waals surface area contributed by atoms with Gasteiger partial charge in [-0.3, -0.25) is 0 Å². The third kappa shape index (κ3) is 7.10. The Balaban J connectivity index is 2.62. The molecule has 8 heavy (non-hydrogen) atoms. The molecule has 0 rings (SSSR count). The Morgan fingerprint density at radius 3 is 2.50 bits per heavy atom. The molecule has 0 saturated carbocycles. The molecule has 44 valence electrons. The van der Waals surface area contributed by atoms with Gasteiger partial charge in [0.1, 0.15) is 0 Å². The summed E-state index contributed by atoms with van der Waals surface area (Å²) in [5.74, 6) is 0. The van der Waals surface area contributed by atoms with Crippen LogP contribution in [0.15, 0.2) is 0 Å². The number of rotatable bonds is 5. The average molecular weight is 205 g/mol. The normalized spacial score (nSPS) is 9.38. The van der Waals surface area contributed by atoms with Crippen LogP contribution in [-0.2, 0) is 23.3 Å². The Bertz CT molecular complexity index is 54.5. The Labute approximate surface area is 68.0 Å². The van der Waals surface area contributed by atoms with E-state index in [-0.39, 0.29) is 0 Å². The Kier molecular flexibility index (Phi) is 9.21. The van der Waals surface area contributed by atoms with Crippen molar-refractivity contribution in [1.82, 2.24) is 0 Å². The predicted octanol–water partition coefficient (Wildman–Crippen LogP) is 1.88. The van der Waals surface area contributed by atoms with Crippen molar-refractivity contribution in [2.75, 3.05) is 0 Å². The Morgan fingerprint density at radius 2 is 2.00 bits per heavy atom. The van der Waals surface area contributed by atoms with E-state index >= 15 is 0 Å². The number of unbranched alkanes of at least 4 members (excludes halogenated alkanes) is 3. The molecule has 0 aromatic rings. The molecule has 0 saturated heterocycles. The molecule has 0 aliphatic carbocycles. The summed E-state index contributed by atoms with van der Waals surface area (Å²) in [5.41, 5.74) is 0. The van der Waals surface area contributed by atoms with Crippen LogP contribution in [-0.4, -0.2) is 6.16 Å². The van der Waals surface area contributed by atoms with Gasteiger partial charge in [0.2, 0.25) is 0 Å². The van der Waals surface area contributed by atoms with Crippen LogP contribution in [0.5, 0.6) is 0 Å². The van der Waals surface area contributed by atoms with E-state index < -0.39 is 0 Å². The van der Waals surface area contributed by atoms with Crippen molar-refractivity contribution in [2.45, 2.75) is 38.7 Å². The third-order valence-corrected chi connectivity index (χ3v) is 4.03. The molecule has 0 radical (unpaired) electrons. The van der Waals surface area contributed by atoms with Crippen LogP contribution in [0, 0.1) is 0 Å². The molecule has 0 fully saturated rings. The monoisotopic (exact) mass is 204 g/mol. The van der Waals surface area contributed by atoms with Gasteiger partial charge in [0.05, 0.1) is 0 Å². The van der Waals surface area contributed by atoms with Crippen LogP contribution in [0.3, 0.4) is 0 Å². The summed E-state index contributed by atoms with van der Waals surface area (Å²) in [6, 6.07) is 1.55. The molecular weight excluding hydrogens is 191 g/mol. The van der Waals surface area contributed by atoms with Gasteiger partial charge >= 0.3 is 68.1 Å². The third-order valence-electron chi connectivity index (χ3n) is 1.20. The molecular formula is C6H14SiZr+2. The zero-order chi connectivity index (χ0) is 6.24. The molecule has 0 unspecified atom stereocenters. The van der Waals surface area contributed by atoms with E-state index in [0.717, 1.165) is 6.16 Å². The van der Waals surface area contributed by atoms with Crippen molar-refractivity contribution in [2.24, 2.45) is 0 Å². The van der Waals surface area contributed by atoms with Gasteiger partial charge in [-0.2, -0.15) is 0 Å². The summed E-state index contributed by atoms with van der Waals surface area (Å²) in [7, 11) is 0. The van der Waals surface area contributed by atoms with E-state index in [1.165, 1.54) is 25.7 Å². The molecule has 0 spiro atoms. The van der Waals surface area contributed by atoms with Crippen LogP contribution >= 0.6 is 0 Å². The second-order valence-electron chi connectivity index (χ2n) is 2.05. The standard InChI is InChI=1S/C6H14Si.Zr/c1-2-3-4-5-6-7;/h7H,2-6H2,1H3;/q;+2. The predicted molar refractivity (Wildman–Crippen MR) is 36.1 cm³/mol. The van der Waals surface area contributed by atoms with Gasteiger partial charge < -0.3 is 0 Å². The first kappa shape index (κ1) is 9.10. The summed E-state index contributed by atoms with van der Waals surface area (Å²) in [4.78, 5) is 0. The summed E-state index contributed by atoms with van der Waals surface area (Å²) in [6.07, 6.45) is 6.70. The van der Waals surface area contributed by atoms with Gasteiger partial charge in [0.15, 0.2) is 0 Å². The van der Waals surface area contributed by atoms with Gasteiger partial charge in [-0.25, -0.2) is 0 Å². The minimum absolute atomic E-state index is 0.868. The van der Waals surface area contributed by atoms with E-state index in [1.54, 1.807) is 29.4 Å². The van der Waals surface area contributed by atoms with Crippen LogP contribution in [0.1, 0.15) is 32.6 Å². The Hall–Kier alpha value is 1.10. The van der Waals surface area contributed by atoms with Crippen LogP contribution in [0.25, 0.3) is 0 Å². The minimum atomic E-state index is 0.868. The second kappa shape index (κ2) is 8.10. The molecule has 0 atom stereocenters. The maximum atomic E-state index is 2.27. The fourth-order valence-corrected chi connectivity index (χ4v) is 2.67. The van der Waals surface area contributed by atoms with Crippen LogP contribution in [0.4, 0.5) is 0 Å². The molecule has 0 nitrogen and oxygen atoms in total. The molecule has 0 aliphatic rings. The maximum absolute atomic E-state index is 2.27. The SMILES string of the molecule is CCCCCC[SiH]=[Zr+2]. The number of hydrogen-bond donors (Lipinski definition) is 0. The quantitative estimate of drug-likeness (QED) is 0.475. The van der Waals surface area contributed by atoms with Crippen LogP contribution in [0.2, 0.25) is 6.04 Å². The van der Waals surface area contributed by atoms with Gasteiger partial charge in [-0.15, -0.1) is 0 Å². The molecule has 0 aromatic carbocycles. The van der Waals surface area contributed by atoms with E-state index in [2.05, 4.69) is 6.92 Å². The zero-order valence-electron chi connectivity index (χ0n) is 5.61. The topological polar surface area (TPSA) is 0 Å². The summed E-state index contributed by atoms with van der Waals surface area (Å²) >= 11 is 1.79. The van der Waals surface area contributed by atoms with Crippen molar-refractivity contribution in [3.05, 3.63) is 0 Å². The molecule has 0 N–H and O–H groups in total. The molecule has 0 amide bonds. The van der Waals surface area contributed by atoms with Crippen molar-refractivity contribution >= 4 is 6.16 Å². The van der Waals surface area contributed by atoms with Gasteiger partial charge in [0, 0.05) is 0 Å². The number of hydrogen-bond acceptors (Lipinski definition) is 0. The molecule has 0 aliphatic heterocycles. The van der Waals surface area contributed by atoms with E-state index in [1.807, 2.05) is 0 Å². The molecule has 0 bridgehead atoms. The Morgan fingerprint density at radius 1 is 1.25 bits per heavy atom. The van der Waals surface area contributed by atoms with Crippen molar-refractivity contribution in [3.8, 4) is 0 Å². The summed E-state index contributed by atoms with van der Waals surface area (Å²) in [5, 5.41) is 0. The van der Waals surface area contributed by atoms with E-state index in [0.29, 0.717) is 0 Å². The van der Waals surface area contributed by atoms with Gasteiger partial charge in [-0.05, 0) is 0 Å². The molecule has 0 aromatic heterocycles. The van der Waals surface area contributed by atoms with Crippen LogP contribution < -0.4 is 0 Å². The van der Waals surface area contributed by atoms with E-state index in [4.69, 9.17) is 0 Å². The van der Waals surface area contributed by atoms with Gasteiger partial charge in [-0.1, -0.05) is 0 Å². The fraction of sp³-hybridized carbons (Fsp3) is 1.00. The first-order valence-electron chi connectivity index (χ1n) is 3.40. The van der Waals surface area contributed by atoms with Crippen molar-refractivity contribution in [1.29, 1.82) is 0 Å². The average Bonchev–Trinajstić information content (AvgIpc) is 1.81. The zero-order valence-corrected chi connectivity index (χ0v) is 9.23. The molecule has 2 heteroatoms. The van der Waals surface area contributed by atoms with Gasteiger partial charge in [0.25, 0.3) is 0 Å². The summed E-state index contributed by atoms with van der Waals surface area (Å²) in [6.45, 7) is 2.27. The fourth-order valence-electron chi connectivity index (χ4n) is 0.673. The first-order chi connectivity index (χ1) is 3.91. The molecule has 0 heterocycles. The second-order valence-corrected chi connectivity index (χ2v) is 6.05. The van der Waals surface area contributed by atoms with E-state index in [9.17, 15) is 0 Å².